The number of imidazole rings is 2. The number of nitrogen functional groups attached to an aromatic ring is 2. The molecule has 0 spiro atoms. The summed E-state index contributed by atoms with van der Waals surface area (Å²) >= 11 is 0. The molecular formula is C22H27N10O13P2-. The van der Waals surface area contributed by atoms with Crippen LogP contribution >= 0.6 is 15.6 Å². The van der Waals surface area contributed by atoms with Crippen LogP contribution in [0.25, 0.3) is 22.3 Å². The minimum Gasteiger partial charge on any atom is -0.756 e. The van der Waals surface area contributed by atoms with Crippen LogP contribution in [0.1, 0.15) is 12.5 Å². The Bertz CT molecular complexity index is 2000. The molecule has 6 N–H and O–H groups in total. The van der Waals surface area contributed by atoms with E-state index in [9.17, 15) is 29.0 Å². The molecule has 0 saturated carbocycles. The van der Waals surface area contributed by atoms with Gasteiger partial charge in [0.2, 0.25) is 5.95 Å². The lowest BCUT2D eigenvalue weighted by Crippen LogP contribution is -2.40. The Labute approximate surface area is 262 Å². The molecule has 7 heterocycles. The van der Waals surface area contributed by atoms with Crippen molar-refractivity contribution >= 4 is 49.7 Å². The number of phosphoric ester groups is 2. The zero-order valence-electron chi connectivity index (χ0n) is 24.3. The lowest BCUT2D eigenvalue weighted by Gasteiger charge is -2.32. The fourth-order valence-corrected chi connectivity index (χ4v) is 7.61. The number of hydrogen-bond acceptors (Lipinski definition) is 20. The van der Waals surface area contributed by atoms with E-state index in [2.05, 4.69) is 24.9 Å². The molecule has 3 fully saturated rings. The molecule has 23 nitrogen and oxygen atoms in total. The van der Waals surface area contributed by atoms with Gasteiger partial charge in [0.25, 0.3) is 13.4 Å². The Morgan fingerprint density at radius 3 is 2.17 bits per heavy atom. The molecule has 3 aliphatic heterocycles. The van der Waals surface area contributed by atoms with Crippen molar-refractivity contribution in [2.45, 2.75) is 49.1 Å². The van der Waals surface area contributed by atoms with Crippen molar-refractivity contribution in [1.82, 2.24) is 38.6 Å². The summed E-state index contributed by atoms with van der Waals surface area (Å²) in [4.78, 5) is 46.0. The van der Waals surface area contributed by atoms with Crippen LogP contribution in [0.2, 0.25) is 0 Å². The molecule has 0 radical (unpaired) electrons. The third-order valence-corrected chi connectivity index (χ3v) is 10.3. The first kappa shape index (κ1) is 32.1. The van der Waals surface area contributed by atoms with Gasteiger partial charge in [0.15, 0.2) is 35.1 Å². The van der Waals surface area contributed by atoms with Crippen LogP contribution < -0.4 is 21.9 Å². The smallest absolute Gasteiger partial charge is 0.475 e. The fourth-order valence-electron chi connectivity index (χ4n) is 5.52. The average Bonchev–Trinajstić information content (AvgIpc) is 3.79. The molecule has 4 aromatic heterocycles. The van der Waals surface area contributed by atoms with Gasteiger partial charge >= 0.3 is 7.82 Å². The Kier molecular flexibility index (Phi) is 7.94. The van der Waals surface area contributed by atoms with Gasteiger partial charge in [0.1, 0.15) is 48.5 Å². The Morgan fingerprint density at radius 2 is 1.51 bits per heavy atom. The minimum absolute atomic E-state index is 0.0529. The van der Waals surface area contributed by atoms with Gasteiger partial charge in [0.05, 0.1) is 25.9 Å². The normalized spacial score (nSPS) is 36.6. The fraction of sp³-hybridized carbons (Fsp3) is 0.545. The van der Waals surface area contributed by atoms with Gasteiger partial charge in [-0.05, 0) is 0 Å². The van der Waals surface area contributed by atoms with Gasteiger partial charge in [-0.1, -0.05) is 0 Å². The first-order chi connectivity index (χ1) is 22.3. The Balaban J connectivity index is 1.19. The molecule has 4 aromatic rings. The van der Waals surface area contributed by atoms with E-state index in [1.165, 1.54) is 24.3 Å². The summed E-state index contributed by atoms with van der Waals surface area (Å²) in [6.07, 6.45) is -8.74. The van der Waals surface area contributed by atoms with Gasteiger partial charge in [0, 0.05) is 14.2 Å². The Hall–Kier alpha value is -3.44. The highest BCUT2D eigenvalue weighted by Crippen LogP contribution is 2.55. The van der Waals surface area contributed by atoms with Gasteiger partial charge in [-0.15, -0.1) is 0 Å². The number of rotatable bonds is 3. The van der Waals surface area contributed by atoms with E-state index in [-0.39, 0.29) is 34.1 Å². The molecule has 0 aliphatic carbocycles. The number of nitrogens with zero attached hydrogens (tertiary/aromatic N) is 8. The summed E-state index contributed by atoms with van der Waals surface area (Å²) in [7, 11) is -7.46. The van der Waals surface area contributed by atoms with E-state index >= 15 is 0 Å². The van der Waals surface area contributed by atoms with Crippen molar-refractivity contribution in [3.05, 3.63) is 29.3 Å². The number of phosphoric acid groups is 2. The topological polar surface area (TPSA) is 311 Å². The van der Waals surface area contributed by atoms with Crippen molar-refractivity contribution in [2.24, 2.45) is 7.05 Å². The van der Waals surface area contributed by atoms with Crippen LogP contribution in [0.3, 0.4) is 0 Å². The molecule has 3 saturated heterocycles. The highest BCUT2D eigenvalue weighted by Gasteiger charge is 2.53. The zero-order chi connectivity index (χ0) is 33.4. The number of aliphatic hydroxyl groups excluding tert-OH is 2. The lowest BCUT2D eigenvalue weighted by atomic mass is 10.1. The zero-order valence-corrected chi connectivity index (χ0v) is 26.1. The van der Waals surface area contributed by atoms with Crippen LogP contribution in [0.15, 0.2) is 23.8 Å². The molecule has 3 unspecified atom stereocenters. The molecule has 10 atom stereocenters. The number of aromatic nitrogens is 8. The minimum atomic E-state index is -5.29. The van der Waals surface area contributed by atoms with E-state index in [1.54, 1.807) is 0 Å². The number of nitrogens with two attached hydrogens (primary N) is 2. The number of ether oxygens (including phenoxy) is 2. The average molecular weight is 701 g/mol. The van der Waals surface area contributed by atoms with E-state index in [0.717, 1.165) is 22.6 Å². The standard InChI is InChI=1S/C22H28N10O13P2/c1-30-19(35)11-18(29-22(30)24)32(7-28-11)21-12(33)14-9(43-21)4-41-47(38,39-2)45-15-8(3-40-46(36,37)44-14)42-20(13(15)34)31-6-27-10-16(23)25-5-26-17(10)31/h5-9,12-15,20-21,33-34H,3-4H2,1-2H3,(H2,24,29)(H,36,37)(H2,23,25,26)/p-1/t8-,9?,12-,13-,14-,15-,20-,21-,47?/m1/s1. The van der Waals surface area contributed by atoms with Crippen LogP contribution in [-0.4, -0.2) is 106 Å². The molecule has 47 heavy (non-hydrogen) atoms. The van der Waals surface area contributed by atoms with E-state index in [1.807, 2.05) is 0 Å². The second-order valence-electron chi connectivity index (χ2n) is 10.7. The van der Waals surface area contributed by atoms with Crippen LogP contribution in [-0.2, 0) is 48.3 Å². The lowest BCUT2D eigenvalue weighted by molar-refractivity contribution is -0.236. The summed E-state index contributed by atoms with van der Waals surface area (Å²) in [6, 6.07) is 0. The third kappa shape index (κ3) is 5.43. The van der Waals surface area contributed by atoms with E-state index in [4.69, 9.17) is 43.6 Å². The van der Waals surface area contributed by atoms with Crippen LogP contribution in [0, 0.1) is 0 Å². The molecule has 0 bridgehead atoms. The largest absolute Gasteiger partial charge is 0.756 e. The van der Waals surface area contributed by atoms with Crippen molar-refractivity contribution < 1.29 is 56.3 Å². The molecule has 3 aliphatic rings. The van der Waals surface area contributed by atoms with E-state index in [0.29, 0.717) is 0 Å². The van der Waals surface area contributed by atoms with Crippen molar-refractivity contribution in [1.29, 1.82) is 0 Å². The number of fused-ring (bicyclic) bond motifs is 4. The molecule has 25 heteroatoms. The van der Waals surface area contributed by atoms with E-state index < -0.39 is 83.5 Å². The summed E-state index contributed by atoms with van der Waals surface area (Å²) < 4.78 is 68.6. The number of aliphatic hydroxyl groups is 2. The maximum absolute atomic E-state index is 13.7. The third-order valence-electron chi connectivity index (χ3n) is 7.91. The van der Waals surface area contributed by atoms with Crippen molar-refractivity contribution in [3.63, 3.8) is 0 Å². The highest BCUT2D eigenvalue weighted by atomic mass is 31.2. The van der Waals surface area contributed by atoms with Gasteiger partial charge in [-0.2, -0.15) is 4.98 Å². The molecule has 7 rings (SSSR count). The number of anilines is 2. The highest BCUT2D eigenvalue weighted by molar-refractivity contribution is 7.48. The first-order valence-corrected chi connectivity index (χ1v) is 16.6. The van der Waals surface area contributed by atoms with Gasteiger partial charge in [-0.25, -0.2) is 24.5 Å². The monoisotopic (exact) mass is 701 g/mol. The maximum atomic E-state index is 13.7. The predicted molar refractivity (Wildman–Crippen MR) is 151 cm³/mol. The number of hydrogen-bond donors (Lipinski definition) is 4. The maximum Gasteiger partial charge on any atom is 0.475 e. The molecular weight excluding hydrogens is 674 g/mol. The summed E-state index contributed by atoms with van der Waals surface area (Å²) in [5.41, 5.74) is 11.3. The Morgan fingerprint density at radius 1 is 0.915 bits per heavy atom. The SMILES string of the molecule is COP1(=O)OCC2O[C@@H](n3cnc4c(=O)n(C)c(N)nc43)[C@H](O)[C@@H]2OP(=O)([O-])OC[C@H]2O[C@@H](n3cnc4c(N)ncnc43)[C@H](O)[C@@H]2O1. The quantitative estimate of drug-likeness (QED) is 0.163. The van der Waals surface area contributed by atoms with Gasteiger partial charge < -0.3 is 45.1 Å². The first-order valence-electron chi connectivity index (χ1n) is 13.7. The van der Waals surface area contributed by atoms with Crippen molar-refractivity contribution in [2.75, 3.05) is 31.8 Å². The molecule has 254 valence electrons. The van der Waals surface area contributed by atoms with Gasteiger partial charge in [-0.3, -0.25) is 36.6 Å². The molecule has 0 amide bonds. The second kappa shape index (κ2) is 11.6. The summed E-state index contributed by atoms with van der Waals surface area (Å²) in [5, 5.41) is 22.5. The second-order valence-corrected chi connectivity index (χ2v) is 13.8. The summed E-state index contributed by atoms with van der Waals surface area (Å²) in [6.45, 7) is -1.55. The van der Waals surface area contributed by atoms with Crippen LogP contribution in [0.5, 0.6) is 0 Å². The summed E-state index contributed by atoms with van der Waals surface area (Å²) in [5.74, 6) is -0.119. The van der Waals surface area contributed by atoms with Crippen molar-refractivity contribution in [3.8, 4) is 0 Å². The molecule has 0 aromatic carbocycles. The predicted octanol–water partition coefficient (Wildman–Crippen LogP) is -2.31. The van der Waals surface area contributed by atoms with Crippen LogP contribution in [0.4, 0.5) is 11.8 Å².